The molecule has 1 aromatic rings. The van der Waals surface area contributed by atoms with E-state index in [9.17, 15) is 4.79 Å². The van der Waals surface area contributed by atoms with Gasteiger partial charge in [0.15, 0.2) is 0 Å². The van der Waals surface area contributed by atoms with E-state index in [1.807, 2.05) is 38.1 Å². The number of likely N-dealkylation sites (N-methyl/N-ethyl adjacent to an activating group) is 1. The summed E-state index contributed by atoms with van der Waals surface area (Å²) >= 11 is 0. The van der Waals surface area contributed by atoms with Crippen molar-refractivity contribution in [1.29, 1.82) is 0 Å². The Morgan fingerprint density at radius 2 is 2.11 bits per heavy atom. The molecule has 1 aromatic carbocycles. The third-order valence-electron chi connectivity index (χ3n) is 3.07. The molecule has 0 spiro atoms. The van der Waals surface area contributed by atoms with Gasteiger partial charge in [0.2, 0.25) is 5.91 Å². The minimum absolute atomic E-state index is 0.0183. The molecule has 1 rings (SSSR count). The van der Waals surface area contributed by atoms with Crippen molar-refractivity contribution in [2.75, 3.05) is 20.2 Å². The molecule has 4 heteroatoms. The van der Waals surface area contributed by atoms with Gasteiger partial charge >= 0.3 is 0 Å². The van der Waals surface area contributed by atoms with Crippen LogP contribution in [0.4, 0.5) is 0 Å². The van der Waals surface area contributed by atoms with E-state index in [4.69, 9.17) is 10.5 Å². The predicted molar refractivity (Wildman–Crippen MR) is 77.2 cm³/mol. The zero-order valence-corrected chi connectivity index (χ0v) is 12.1. The van der Waals surface area contributed by atoms with Crippen LogP contribution in [0.1, 0.15) is 25.3 Å². The molecule has 0 saturated heterocycles. The Bertz CT molecular complexity index is 407. The Morgan fingerprint density at radius 1 is 1.42 bits per heavy atom. The van der Waals surface area contributed by atoms with Gasteiger partial charge in [-0.25, -0.2) is 0 Å². The monoisotopic (exact) mass is 264 g/mol. The number of nitrogens with two attached hydrogens (primary N) is 1. The molecule has 0 aliphatic rings. The summed E-state index contributed by atoms with van der Waals surface area (Å²) in [6.45, 7) is 5.05. The summed E-state index contributed by atoms with van der Waals surface area (Å²) < 4.78 is 5.66. The van der Waals surface area contributed by atoms with E-state index >= 15 is 0 Å². The summed E-state index contributed by atoms with van der Waals surface area (Å²) in [4.78, 5) is 13.5. The first-order valence-corrected chi connectivity index (χ1v) is 6.75. The van der Waals surface area contributed by atoms with Gasteiger partial charge in [0.25, 0.3) is 0 Å². The van der Waals surface area contributed by atoms with Gasteiger partial charge in [-0.15, -0.1) is 0 Å². The first-order valence-electron chi connectivity index (χ1n) is 6.75. The van der Waals surface area contributed by atoms with E-state index in [0.717, 1.165) is 24.2 Å². The summed E-state index contributed by atoms with van der Waals surface area (Å²) in [6.07, 6.45) is 1.64. The second-order valence-corrected chi connectivity index (χ2v) is 4.77. The van der Waals surface area contributed by atoms with Crippen molar-refractivity contribution in [1.82, 2.24) is 4.90 Å². The molecule has 106 valence electrons. The largest absolute Gasteiger partial charge is 0.491 e. The topological polar surface area (TPSA) is 55.6 Å². The average Bonchev–Trinajstić information content (AvgIpc) is 2.40. The van der Waals surface area contributed by atoms with Gasteiger partial charge in [0.05, 0.1) is 12.6 Å². The molecular formula is C15H24N2O2. The van der Waals surface area contributed by atoms with Crippen LogP contribution in [0.3, 0.4) is 0 Å². The van der Waals surface area contributed by atoms with E-state index in [1.54, 1.807) is 11.9 Å². The van der Waals surface area contributed by atoms with Crippen LogP contribution in [0.25, 0.3) is 0 Å². The molecule has 0 radical (unpaired) electrons. The molecule has 0 aromatic heterocycles. The van der Waals surface area contributed by atoms with Gasteiger partial charge in [-0.3, -0.25) is 4.79 Å². The van der Waals surface area contributed by atoms with Crippen molar-refractivity contribution in [3.05, 3.63) is 29.8 Å². The van der Waals surface area contributed by atoms with E-state index in [-0.39, 0.29) is 5.91 Å². The minimum Gasteiger partial charge on any atom is -0.491 e. The number of ether oxygens (including phenoxy) is 1. The normalized spacial score (nSPS) is 12.0. The molecule has 0 fully saturated rings. The quantitative estimate of drug-likeness (QED) is 0.819. The number of rotatable bonds is 7. The van der Waals surface area contributed by atoms with Crippen LogP contribution in [0.2, 0.25) is 0 Å². The van der Waals surface area contributed by atoms with Crippen LogP contribution in [0, 0.1) is 6.92 Å². The standard InChI is InChI=1S/C15H24N2O2/c1-4-7-13(16)15(18)17(3)10-11-19-14-9-6-5-8-12(14)2/h5-6,8-9,13H,4,7,10-11,16H2,1-3H3/t13-/m0/s1. The highest BCUT2D eigenvalue weighted by atomic mass is 16.5. The number of para-hydroxylation sites is 1. The maximum atomic E-state index is 11.9. The lowest BCUT2D eigenvalue weighted by atomic mass is 10.1. The Balaban J connectivity index is 2.37. The Hall–Kier alpha value is -1.55. The van der Waals surface area contributed by atoms with Crippen LogP contribution in [-0.4, -0.2) is 37.0 Å². The van der Waals surface area contributed by atoms with Crippen molar-refractivity contribution >= 4 is 5.91 Å². The highest BCUT2D eigenvalue weighted by Gasteiger charge is 2.16. The van der Waals surface area contributed by atoms with E-state index in [1.165, 1.54) is 0 Å². The lowest BCUT2D eigenvalue weighted by molar-refractivity contribution is -0.131. The highest BCUT2D eigenvalue weighted by molar-refractivity contribution is 5.81. The molecule has 1 amide bonds. The SMILES string of the molecule is CCC[C@H](N)C(=O)N(C)CCOc1ccccc1C. The second-order valence-electron chi connectivity index (χ2n) is 4.77. The third kappa shape index (κ3) is 4.91. The number of amides is 1. The molecule has 1 atom stereocenters. The summed E-state index contributed by atoms with van der Waals surface area (Å²) in [6, 6.07) is 7.45. The lowest BCUT2D eigenvalue weighted by Gasteiger charge is -2.21. The highest BCUT2D eigenvalue weighted by Crippen LogP contribution is 2.15. The molecule has 0 unspecified atom stereocenters. The van der Waals surface area contributed by atoms with E-state index in [2.05, 4.69) is 0 Å². The molecule has 0 bridgehead atoms. The van der Waals surface area contributed by atoms with Crippen molar-refractivity contribution in [2.24, 2.45) is 5.73 Å². The second kappa shape index (κ2) is 7.79. The van der Waals surface area contributed by atoms with E-state index < -0.39 is 6.04 Å². The fourth-order valence-corrected chi connectivity index (χ4v) is 1.84. The fraction of sp³-hybridized carbons (Fsp3) is 0.533. The summed E-state index contributed by atoms with van der Waals surface area (Å²) in [5, 5.41) is 0. The van der Waals surface area contributed by atoms with E-state index in [0.29, 0.717) is 13.2 Å². The average molecular weight is 264 g/mol. The molecular weight excluding hydrogens is 240 g/mol. The number of nitrogens with zero attached hydrogens (tertiary/aromatic N) is 1. The summed E-state index contributed by atoms with van der Waals surface area (Å²) in [5.74, 6) is 0.844. The smallest absolute Gasteiger partial charge is 0.239 e. The number of hydrogen-bond donors (Lipinski definition) is 1. The van der Waals surface area contributed by atoms with Crippen molar-refractivity contribution in [2.45, 2.75) is 32.7 Å². The van der Waals surface area contributed by atoms with Crippen LogP contribution in [-0.2, 0) is 4.79 Å². The Labute approximate surface area is 115 Å². The maximum absolute atomic E-state index is 11.9. The molecule has 0 aliphatic carbocycles. The summed E-state index contributed by atoms with van der Waals surface area (Å²) in [5.41, 5.74) is 6.90. The summed E-state index contributed by atoms with van der Waals surface area (Å²) in [7, 11) is 1.76. The van der Waals surface area contributed by atoms with Gasteiger partial charge in [-0.05, 0) is 25.0 Å². The Kier molecular flexibility index (Phi) is 6.36. The molecule has 0 aliphatic heterocycles. The number of aryl methyl sites for hydroxylation is 1. The first-order chi connectivity index (χ1) is 9.06. The minimum atomic E-state index is -0.395. The van der Waals surface area contributed by atoms with Gasteiger partial charge in [0, 0.05) is 7.05 Å². The lowest BCUT2D eigenvalue weighted by Crippen LogP contribution is -2.43. The zero-order chi connectivity index (χ0) is 14.3. The molecule has 2 N–H and O–H groups in total. The first kappa shape index (κ1) is 15.5. The fourth-order valence-electron chi connectivity index (χ4n) is 1.84. The number of carbonyl (C=O) groups is 1. The van der Waals surface area contributed by atoms with Crippen molar-refractivity contribution in [3.8, 4) is 5.75 Å². The number of hydrogen-bond acceptors (Lipinski definition) is 3. The van der Waals surface area contributed by atoms with Gasteiger partial charge in [-0.2, -0.15) is 0 Å². The van der Waals surface area contributed by atoms with Crippen LogP contribution < -0.4 is 10.5 Å². The van der Waals surface area contributed by atoms with Gasteiger partial charge in [0.1, 0.15) is 12.4 Å². The van der Waals surface area contributed by atoms with Gasteiger partial charge in [-0.1, -0.05) is 31.5 Å². The van der Waals surface area contributed by atoms with Crippen LogP contribution in [0.15, 0.2) is 24.3 Å². The Morgan fingerprint density at radius 3 is 2.74 bits per heavy atom. The molecule has 0 heterocycles. The molecule has 4 nitrogen and oxygen atoms in total. The molecule has 19 heavy (non-hydrogen) atoms. The number of carbonyl (C=O) groups excluding carboxylic acids is 1. The van der Waals surface area contributed by atoms with Crippen molar-refractivity contribution in [3.63, 3.8) is 0 Å². The third-order valence-corrected chi connectivity index (χ3v) is 3.07. The van der Waals surface area contributed by atoms with Crippen molar-refractivity contribution < 1.29 is 9.53 Å². The van der Waals surface area contributed by atoms with Crippen LogP contribution in [0.5, 0.6) is 5.75 Å². The van der Waals surface area contributed by atoms with Gasteiger partial charge < -0.3 is 15.4 Å². The maximum Gasteiger partial charge on any atom is 0.239 e. The molecule has 0 saturated carbocycles. The van der Waals surface area contributed by atoms with Crippen LogP contribution >= 0.6 is 0 Å². The number of benzene rings is 1. The predicted octanol–water partition coefficient (Wildman–Crippen LogP) is 1.96. The zero-order valence-electron chi connectivity index (χ0n) is 12.1.